The van der Waals surface area contributed by atoms with Crippen LogP contribution in [0.4, 0.5) is 5.69 Å². The summed E-state index contributed by atoms with van der Waals surface area (Å²) in [6.07, 6.45) is 0.330. The summed E-state index contributed by atoms with van der Waals surface area (Å²) >= 11 is 1.52. The fraction of sp³-hybridized carbons (Fsp3) is 0.273. The molecule has 0 saturated heterocycles. The number of hydrogen-bond donors (Lipinski definition) is 3. The van der Waals surface area contributed by atoms with Gasteiger partial charge in [0.1, 0.15) is 5.75 Å². The molecule has 1 aliphatic rings. The number of nitrogens with one attached hydrogen (secondary N) is 1. The lowest BCUT2D eigenvalue weighted by Crippen LogP contribution is -2.18. The van der Waals surface area contributed by atoms with Gasteiger partial charge in [0.05, 0.1) is 4.88 Å². The zero-order chi connectivity index (χ0) is 19.1. The Morgan fingerprint density at radius 2 is 1.81 bits per heavy atom. The quantitative estimate of drug-likeness (QED) is 0.543. The number of aliphatic hydroxyl groups excluding tert-OH is 1. The molecule has 2 aromatic carbocycles. The second-order valence-corrected chi connectivity index (χ2v) is 8.09. The third-order valence-corrected chi connectivity index (χ3v) is 6.25. The van der Waals surface area contributed by atoms with Crippen LogP contribution < -0.4 is 5.32 Å². The number of aliphatic hydroxyl groups is 1. The van der Waals surface area contributed by atoms with Gasteiger partial charge in [0.25, 0.3) is 0 Å². The zero-order valence-electron chi connectivity index (χ0n) is 15.7. The Labute approximate surface area is 163 Å². The molecule has 1 aromatic heterocycles. The number of phenolic OH excluding ortho intramolecular Hbond substituents is 1. The third-order valence-electron chi connectivity index (χ3n) is 5.28. The molecule has 27 heavy (non-hydrogen) atoms. The molecule has 0 amide bonds. The Bertz CT molecular complexity index is 963. The van der Waals surface area contributed by atoms with Crippen LogP contribution in [0.3, 0.4) is 0 Å². The van der Waals surface area contributed by atoms with Gasteiger partial charge in [0, 0.05) is 28.4 Å². The van der Waals surface area contributed by atoms with Crippen LogP contribution in [0, 0.1) is 0 Å². The van der Waals surface area contributed by atoms with E-state index in [1.807, 2.05) is 17.5 Å². The normalized spacial score (nSPS) is 16.6. The van der Waals surface area contributed by atoms with E-state index in [9.17, 15) is 10.2 Å². The summed E-state index contributed by atoms with van der Waals surface area (Å²) in [6, 6.07) is 14.3. The van der Waals surface area contributed by atoms with E-state index in [0.717, 1.165) is 39.2 Å². The molecule has 3 N–H and O–H groups in total. The predicted molar refractivity (Wildman–Crippen MR) is 112 cm³/mol. The lowest BCUT2D eigenvalue weighted by atomic mass is 9.89. The molecule has 0 saturated carbocycles. The van der Waals surface area contributed by atoms with E-state index in [-0.39, 0.29) is 5.75 Å². The van der Waals surface area contributed by atoms with Crippen molar-refractivity contribution in [1.82, 2.24) is 4.90 Å². The molecule has 5 heteroatoms. The summed E-state index contributed by atoms with van der Waals surface area (Å²) in [5, 5.41) is 26.1. The SMILES string of the molecule is CCC(c1ccc(-c2c(O)ccc3c2-c2ccsc2C(O)N3)cc1)N(C)C. The number of anilines is 1. The van der Waals surface area contributed by atoms with Gasteiger partial charge in [0.15, 0.2) is 6.23 Å². The van der Waals surface area contributed by atoms with Gasteiger partial charge in [-0.2, -0.15) is 0 Å². The van der Waals surface area contributed by atoms with Crippen molar-refractivity contribution in [2.24, 2.45) is 0 Å². The fourth-order valence-corrected chi connectivity index (χ4v) is 4.84. The first kappa shape index (κ1) is 18.0. The third kappa shape index (κ3) is 3.02. The van der Waals surface area contributed by atoms with Gasteiger partial charge in [-0.1, -0.05) is 31.2 Å². The Kier molecular flexibility index (Phi) is 4.68. The second kappa shape index (κ2) is 7.00. The number of benzene rings is 2. The highest BCUT2D eigenvalue weighted by atomic mass is 32.1. The van der Waals surface area contributed by atoms with Crippen molar-refractivity contribution in [3.8, 4) is 28.0 Å². The van der Waals surface area contributed by atoms with Crippen molar-refractivity contribution >= 4 is 17.0 Å². The zero-order valence-corrected chi connectivity index (χ0v) is 16.5. The highest BCUT2D eigenvalue weighted by Gasteiger charge is 2.27. The number of phenols is 1. The molecule has 2 unspecified atom stereocenters. The number of fused-ring (bicyclic) bond motifs is 3. The molecule has 0 bridgehead atoms. The molecule has 0 fully saturated rings. The smallest absolute Gasteiger partial charge is 0.160 e. The number of aromatic hydroxyl groups is 1. The maximum Gasteiger partial charge on any atom is 0.160 e. The van der Waals surface area contributed by atoms with E-state index in [1.165, 1.54) is 16.9 Å². The Morgan fingerprint density at radius 1 is 1.07 bits per heavy atom. The summed E-state index contributed by atoms with van der Waals surface area (Å²) < 4.78 is 0. The molecule has 3 aromatic rings. The minimum absolute atomic E-state index is 0.247. The monoisotopic (exact) mass is 380 g/mol. The summed E-state index contributed by atoms with van der Waals surface area (Å²) in [7, 11) is 4.19. The highest BCUT2D eigenvalue weighted by molar-refractivity contribution is 7.10. The van der Waals surface area contributed by atoms with Crippen LogP contribution in [-0.2, 0) is 0 Å². The lowest BCUT2D eigenvalue weighted by molar-refractivity contribution is 0.211. The number of nitrogens with zero attached hydrogens (tertiary/aromatic N) is 1. The van der Waals surface area contributed by atoms with Crippen LogP contribution in [0.15, 0.2) is 47.8 Å². The van der Waals surface area contributed by atoms with E-state index >= 15 is 0 Å². The molecular weight excluding hydrogens is 356 g/mol. The van der Waals surface area contributed by atoms with Gasteiger partial charge in [-0.25, -0.2) is 0 Å². The molecular formula is C22H24N2O2S. The molecule has 4 rings (SSSR count). The molecule has 2 heterocycles. The standard InChI is InChI=1S/C22H24N2O2S/c1-4-17(24(2)3)13-5-7-14(8-6-13)19-18(25)10-9-16-20(19)15-11-12-27-21(15)22(26)23-16/h5-12,17,22-23,25-26H,4H2,1-3H3. The van der Waals surface area contributed by atoms with E-state index in [4.69, 9.17) is 0 Å². The summed E-state index contributed by atoms with van der Waals surface area (Å²) in [5.41, 5.74) is 5.80. The van der Waals surface area contributed by atoms with Crippen molar-refractivity contribution in [2.45, 2.75) is 25.6 Å². The Morgan fingerprint density at radius 3 is 2.48 bits per heavy atom. The predicted octanol–water partition coefficient (Wildman–Crippen LogP) is 5.22. The average molecular weight is 381 g/mol. The van der Waals surface area contributed by atoms with Crippen molar-refractivity contribution < 1.29 is 10.2 Å². The number of rotatable bonds is 4. The molecule has 0 radical (unpaired) electrons. The van der Waals surface area contributed by atoms with E-state index in [0.29, 0.717) is 6.04 Å². The number of hydrogen-bond acceptors (Lipinski definition) is 5. The van der Waals surface area contributed by atoms with Gasteiger partial charge < -0.3 is 20.4 Å². The maximum atomic E-state index is 10.7. The van der Waals surface area contributed by atoms with Gasteiger partial charge in [-0.15, -0.1) is 11.3 Å². The second-order valence-electron chi connectivity index (χ2n) is 7.14. The van der Waals surface area contributed by atoms with Gasteiger partial charge in [-0.05, 0) is 55.2 Å². The molecule has 4 nitrogen and oxygen atoms in total. The first-order chi connectivity index (χ1) is 13.0. The van der Waals surface area contributed by atoms with Crippen LogP contribution in [0.25, 0.3) is 22.3 Å². The summed E-state index contributed by atoms with van der Waals surface area (Å²) in [4.78, 5) is 3.10. The largest absolute Gasteiger partial charge is 0.507 e. The van der Waals surface area contributed by atoms with Gasteiger partial charge in [-0.3, -0.25) is 0 Å². The van der Waals surface area contributed by atoms with E-state index < -0.39 is 6.23 Å². The van der Waals surface area contributed by atoms with Crippen molar-refractivity contribution in [1.29, 1.82) is 0 Å². The molecule has 0 aliphatic carbocycles. The van der Waals surface area contributed by atoms with Crippen molar-refractivity contribution in [3.63, 3.8) is 0 Å². The Balaban J connectivity index is 1.84. The van der Waals surface area contributed by atoms with Gasteiger partial charge >= 0.3 is 0 Å². The minimum atomic E-state index is -0.710. The fourth-order valence-electron chi connectivity index (χ4n) is 4.01. The lowest BCUT2D eigenvalue weighted by Gasteiger charge is -2.27. The topological polar surface area (TPSA) is 55.7 Å². The van der Waals surface area contributed by atoms with E-state index in [2.05, 4.69) is 55.5 Å². The molecule has 140 valence electrons. The Hall–Kier alpha value is -2.34. The van der Waals surface area contributed by atoms with Crippen LogP contribution in [0.2, 0.25) is 0 Å². The van der Waals surface area contributed by atoms with Crippen molar-refractivity contribution in [3.05, 3.63) is 58.3 Å². The average Bonchev–Trinajstić information content (AvgIpc) is 3.14. The van der Waals surface area contributed by atoms with Crippen LogP contribution in [0.5, 0.6) is 5.75 Å². The molecule has 1 aliphatic heterocycles. The van der Waals surface area contributed by atoms with Crippen LogP contribution >= 0.6 is 11.3 Å². The summed E-state index contributed by atoms with van der Waals surface area (Å²) in [6.45, 7) is 2.19. The number of thiophene rings is 1. The van der Waals surface area contributed by atoms with E-state index in [1.54, 1.807) is 6.07 Å². The highest BCUT2D eigenvalue weighted by Crippen LogP contribution is 2.50. The van der Waals surface area contributed by atoms with Crippen LogP contribution in [0.1, 0.15) is 36.1 Å². The first-order valence-corrected chi connectivity index (χ1v) is 10.0. The van der Waals surface area contributed by atoms with Crippen molar-refractivity contribution in [2.75, 3.05) is 19.4 Å². The minimum Gasteiger partial charge on any atom is -0.507 e. The van der Waals surface area contributed by atoms with Gasteiger partial charge in [0.2, 0.25) is 0 Å². The molecule has 2 atom stereocenters. The van der Waals surface area contributed by atoms with Crippen LogP contribution in [-0.4, -0.2) is 29.2 Å². The first-order valence-electron chi connectivity index (χ1n) is 9.16. The molecule has 0 spiro atoms. The maximum absolute atomic E-state index is 10.7. The summed E-state index contributed by atoms with van der Waals surface area (Å²) in [5.74, 6) is 0.247.